The molecule has 1 aliphatic heterocycles. The quantitative estimate of drug-likeness (QED) is 0.924. The fourth-order valence-electron chi connectivity index (χ4n) is 3.30. The van der Waals surface area contributed by atoms with E-state index in [-0.39, 0.29) is 11.9 Å². The van der Waals surface area contributed by atoms with E-state index in [2.05, 4.69) is 17.2 Å². The summed E-state index contributed by atoms with van der Waals surface area (Å²) in [6.07, 6.45) is 5.48. The van der Waals surface area contributed by atoms with Gasteiger partial charge in [0.2, 0.25) is 0 Å². The summed E-state index contributed by atoms with van der Waals surface area (Å²) >= 11 is 5.86. The van der Waals surface area contributed by atoms with Gasteiger partial charge in [-0.3, -0.25) is 9.78 Å². The number of nitrogens with one attached hydrogen (secondary N) is 1. The van der Waals surface area contributed by atoms with Gasteiger partial charge in [-0.25, -0.2) is 0 Å². The van der Waals surface area contributed by atoms with Crippen molar-refractivity contribution in [1.82, 2.24) is 10.3 Å². The van der Waals surface area contributed by atoms with Crippen LogP contribution in [0.1, 0.15) is 30.1 Å². The molecular formula is C14H17ClN2O2. The Kier molecular flexibility index (Phi) is 3.46. The van der Waals surface area contributed by atoms with Gasteiger partial charge < -0.3 is 10.1 Å². The SMILES string of the molecule is CC[C@@H]1[C@@H](NC(=O)c2cncc(Cl)c2)[C@@H]2CCO[C@H]12. The van der Waals surface area contributed by atoms with Crippen molar-refractivity contribution in [2.45, 2.75) is 31.9 Å². The third-order valence-electron chi connectivity index (χ3n) is 4.26. The highest BCUT2D eigenvalue weighted by atomic mass is 35.5. The largest absolute Gasteiger partial charge is 0.377 e. The second-order valence-corrected chi connectivity index (χ2v) is 5.69. The van der Waals surface area contributed by atoms with Gasteiger partial charge in [0.25, 0.3) is 5.91 Å². The minimum Gasteiger partial charge on any atom is -0.377 e. The minimum atomic E-state index is -0.0937. The van der Waals surface area contributed by atoms with E-state index in [0.29, 0.717) is 28.5 Å². The molecule has 1 saturated heterocycles. The standard InChI is InChI=1S/C14H17ClN2O2/c1-2-10-12(11-3-4-19-13(10)11)17-14(18)8-5-9(15)7-16-6-8/h5-7,10-13H,2-4H2,1H3,(H,17,18)/t10-,11+,12-,13-/m1/s1. The molecule has 4 nitrogen and oxygen atoms in total. The Morgan fingerprint density at radius 1 is 1.58 bits per heavy atom. The first kappa shape index (κ1) is 12.9. The molecule has 1 aliphatic carbocycles. The van der Waals surface area contributed by atoms with Gasteiger partial charge >= 0.3 is 0 Å². The summed E-state index contributed by atoms with van der Waals surface area (Å²) in [5.41, 5.74) is 0.518. The van der Waals surface area contributed by atoms with Crippen molar-refractivity contribution in [3.8, 4) is 0 Å². The van der Waals surface area contributed by atoms with Crippen molar-refractivity contribution in [2.24, 2.45) is 11.8 Å². The highest BCUT2D eigenvalue weighted by Crippen LogP contribution is 2.45. The van der Waals surface area contributed by atoms with E-state index >= 15 is 0 Å². The Balaban J connectivity index is 1.69. The molecule has 1 amide bonds. The molecule has 1 aromatic heterocycles. The first-order valence-electron chi connectivity index (χ1n) is 6.73. The summed E-state index contributed by atoms with van der Waals surface area (Å²) in [6.45, 7) is 2.96. The number of aromatic nitrogens is 1. The lowest BCUT2D eigenvalue weighted by Gasteiger charge is -2.47. The molecule has 1 aromatic rings. The first-order chi connectivity index (χ1) is 9.20. The molecular weight excluding hydrogens is 264 g/mol. The van der Waals surface area contributed by atoms with E-state index in [0.717, 1.165) is 19.4 Å². The van der Waals surface area contributed by atoms with Crippen LogP contribution in [-0.4, -0.2) is 29.6 Å². The van der Waals surface area contributed by atoms with Gasteiger partial charge in [0.05, 0.1) is 16.7 Å². The van der Waals surface area contributed by atoms with Crippen LogP contribution in [0.2, 0.25) is 5.02 Å². The molecule has 0 unspecified atom stereocenters. The zero-order valence-corrected chi connectivity index (χ0v) is 11.6. The predicted octanol–water partition coefficient (Wildman–Crippen LogP) is 2.28. The molecule has 2 fully saturated rings. The second-order valence-electron chi connectivity index (χ2n) is 5.25. The minimum absolute atomic E-state index is 0.0937. The van der Waals surface area contributed by atoms with Gasteiger partial charge in [0, 0.05) is 36.9 Å². The lowest BCUT2D eigenvalue weighted by Crippen LogP contribution is -2.61. The number of nitrogens with zero attached hydrogens (tertiary/aromatic N) is 1. The van der Waals surface area contributed by atoms with Gasteiger partial charge in [-0.2, -0.15) is 0 Å². The zero-order chi connectivity index (χ0) is 13.4. The number of fused-ring (bicyclic) bond motifs is 1. The Hall–Kier alpha value is -1.13. The summed E-state index contributed by atoms with van der Waals surface area (Å²) in [4.78, 5) is 16.1. The van der Waals surface area contributed by atoms with E-state index in [1.165, 1.54) is 6.20 Å². The van der Waals surface area contributed by atoms with Gasteiger partial charge in [0.15, 0.2) is 0 Å². The third-order valence-corrected chi connectivity index (χ3v) is 4.47. The fourth-order valence-corrected chi connectivity index (χ4v) is 3.47. The Morgan fingerprint density at radius 3 is 3.16 bits per heavy atom. The van der Waals surface area contributed by atoms with Crippen LogP contribution in [-0.2, 0) is 4.74 Å². The molecule has 2 heterocycles. The van der Waals surface area contributed by atoms with Crippen LogP contribution >= 0.6 is 11.6 Å². The molecule has 3 rings (SSSR count). The molecule has 2 aliphatic rings. The molecule has 1 saturated carbocycles. The van der Waals surface area contributed by atoms with E-state index in [1.807, 2.05) is 0 Å². The molecule has 0 spiro atoms. The molecule has 4 atom stereocenters. The fraction of sp³-hybridized carbons (Fsp3) is 0.571. The summed E-state index contributed by atoms with van der Waals surface area (Å²) < 4.78 is 5.71. The topological polar surface area (TPSA) is 51.2 Å². The molecule has 19 heavy (non-hydrogen) atoms. The second kappa shape index (κ2) is 5.10. The first-order valence-corrected chi connectivity index (χ1v) is 7.11. The summed E-state index contributed by atoms with van der Waals surface area (Å²) in [7, 11) is 0. The summed E-state index contributed by atoms with van der Waals surface area (Å²) in [6, 6.07) is 1.87. The maximum Gasteiger partial charge on any atom is 0.253 e. The highest BCUT2D eigenvalue weighted by Gasteiger charge is 2.53. The van der Waals surface area contributed by atoms with Crippen molar-refractivity contribution in [3.05, 3.63) is 29.0 Å². The number of carbonyl (C=O) groups excluding carboxylic acids is 1. The van der Waals surface area contributed by atoms with Gasteiger partial charge in [-0.05, 0) is 18.9 Å². The number of pyridine rings is 1. The number of hydrogen-bond acceptors (Lipinski definition) is 3. The molecule has 102 valence electrons. The Bertz CT molecular complexity index is 494. The van der Waals surface area contributed by atoms with Crippen LogP contribution in [0.3, 0.4) is 0 Å². The van der Waals surface area contributed by atoms with E-state index in [1.54, 1.807) is 12.3 Å². The number of rotatable bonds is 3. The maximum atomic E-state index is 12.2. The summed E-state index contributed by atoms with van der Waals surface area (Å²) in [5, 5.41) is 3.60. The van der Waals surface area contributed by atoms with Crippen molar-refractivity contribution < 1.29 is 9.53 Å². The number of hydrogen-bond donors (Lipinski definition) is 1. The van der Waals surface area contributed by atoms with E-state index in [4.69, 9.17) is 16.3 Å². The van der Waals surface area contributed by atoms with Gasteiger partial charge in [0.1, 0.15) is 0 Å². The molecule has 0 aromatic carbocycles. The predicted molar refractivity (Wildman–Crippen MR) is 72.1 cm³/mol. The number of ether oxygens (including phenoxy) is 1. The van der Waals surface area contributed by atoms with E-state index in [9.17, 15) is 4.79 Å². The van der Waals surface area contributed by atoms with E-state index < -0.39 is 0 Å². The normalized spacial score (nSPS) is 32.5. The average Bonchev–Trinajstić information content (AvgIpc) is 2.81. The van der Waals surface area contributed by atoms with Crippen LogP contribution < -0.4 is 5.32 Å². The Labute approximate surface area is 117 Å². The molecule has 0 bridgehead atoms. The van der Waals surface area contributed by atoms with Crippen LogP contribution in [0.5, 0.6) is 0 Å². The maximum absolute atomic E-state index is 12.2. The summed E-state index contributed by atoms with van der Waals surface area (Å²) in [5.74, 6) is 0.813. The lowest BCUT2D eigenvalue weighted by atomic mass is 9.65. The van der Waals surface area contributed by atoms with Crippen LogP contribution in [0.25, 0.3) is 0 Å². The monoisotopic (exact) mass is 280 g/mol. The number of halogens is 1. The van der Waals surface area contributed by atoms with Crippen molar-refractivity contribution in [2.75, 3.05) is 6.61 Å². The number of amides is 1. The van der Waals surface area contributed by atoms with Crippen LogP contribution in [0.4, 0.5) is 0 Å². The lowest BCUT2D eigenvalue weighted by molar-refractivity contribution is -0.0545. The molecule has 5 heteroatoms. The van der Waals surface area contributed by atoms with Crippen molar-refractivity contribution in [3.63, 3.8) is 0 Å². The van der Waals surface area contributed by atoms with Crippen LogP contribution in [0.15, 0.2) is 18.5 Å². The highest BCUT2D eigenvalue weighted by molar-refractivity contribution is 6.30. The number of carbonyl (C=O) groups is 1. The Morgan fingerprint density at radius 2 is 2.42 bits per heavy atom. The molecule has 0 radical (unpaired) electrons. The average molecular weight is 281 g/mol. The van der Waals surface area contributed by atoms with Crippen molar-refractivity contribution >= 4 is 17.5 Å². The third kappa shape index (κ3) is 2.23. The van der Waals surface area contributed by atoms with Gasteiger partial charge in [-0.15, -0.1) is 0 Å². The molecule has 1 N–H and O–H groups in total. The van der Waals surface area contributed by atoms with Crippen LogP contribution in [0, 0.1) is 11.8 Å². The zero-order valence-electron chi connectivity index (χ0n) is 10.8. The van der Waals surface area contributed by atoms with Gasteiger partial charge in [-0.1, -0.05) is 18.5 Å². The van der Waals surface area contributed by atoms with Crippen molar-refractivity contribution in [1.29, 1.82) is 0 Å². The smallest absolute Gasteiger partial charge is 0.253 e.